The zero-order valence-corrected chi connectivity index (χ0v) is 12.9. The first kappa shape index (κ1) is 11.6. The summed E-state index contributed by atoms with van der Waals surface area (Å²) in [6.45, 7) is 0. The Kier molecular flexibility index (Phi) is 2.35. The minimum atomic E-state index is -0.813. The van der Waals surface area contributed by atoms with E-state index in [1.807, 2.05) is 24.3 Å². The van der Waals surface area contributed by atoms with Crippen LogP contribution in [0.4, 0.5) is 0 Å². The van der Waals surface area contributed by atoms with E-state index in [1.165, 1.54) is 0 Å². The Morgan fingerprint density at radius 3 is 1.68 bits per heavy atom. The van der Waals surface area contributed by atoms with Crippen molar-refractivity contribution in [1.82, 2.24) is 0 Å². The van der Waals surface area contributed by atoms with Gasteiger partial charge in [0.2, 0.25) is 0 Å². The van der Waals surface area contributed by atoms with Gasteiger partial charge in [0.15, 0.2) is 0 Å². The maximum atomic E-state index is 5.80. The summed E-state index contributed by atoms with van der Waals surface area (Å²) in [7, 11) is 0. The minimum absolute atomic E-state index is 0.813. The number of hydrogen-bond donors (Lipinski definition) is 0. The first-order chi connectivity index (χ1) is 9.21. The van der Waals surface area contributed by atoms with Gasteiger partial charge in [-0.15, -0.1) is 0 Å². The van der Waals surface area contributed by atoms with Crippen molar-refractivity contribution in [1.29, 1.82) is 0 Å². The summed E-state index contributed by atoms with van der Waals surface area (Å²) in [5.41, 5.74) is 4.34. The molecular formula is C15H8Br2O2. The van der Waals surface area contributed by atoms with Gasteiger partial charge in [-0.25, -0.2) is 0 Å². The number of rotatable bonds is 0. The smallest absolute Gasteiger partial charge is 0.305 e. The van der Waals surface area contributed by atoms with E-state index in [0.29, 0.717) is 0 Å². The minimum Gasteiger partial charge on any atom is -0.449 e. The molecule has 1 spiro atoms. The molecule has 4 rings (SSSR count). The molecule has 0 bridgehead atoms. The van der Waals surface area contributed by atoms with Gasteiger partial charge in [0.05, 0.1) is 0 Å². The molecule has 1 aliphatic heterocycles. The van der Waals surface area contributed by atoms with E-state index in [-0.39, 0.29) is 0 Å². The van der Waals surface area contributed by atoms with Crippen LogP contribution in [0.5, 0.6) is 0 Å². The summed E-state index contributed by atoms with van der Waals surface area (Å²) >= 11 is 7.05. The van der Waals surface area contributed by atoms with Gasteiger partial charge in [-0.1, -0.05) is 31.9 Å². The summed E-state index contributed by atoms with van der Waals surface area (Å²) in [5.74, 6) is -0.813. The fraction of sp³-hybridized carbons (Fsp3) is 0.0667. The zero-order valence-electron chi connectivity index (χ0n) is 9.69. The highest BCUT2D eigenvalue weighted by atomic mass is 79.9. The average molecular weight is 380 g/mol. The maximum Gasteiger partial charge on any atom is 0.305 e. The van der Waals surface area contributed by atoms with E-state index in [9.17, 15) is 0 Å². The van der Waals surface area contributed by atoms with E-state index in [1.54, 1.807) is 12.5 Å². The van der Waals surface area contributed by atoms with Gasteiger partial charge in [-0.2, -0.15) is 0 Å². The third-order valence-electron chi connectivity index (χ3n) is 3.49. The van der Waals surface area contributed by atoms with E-state index >= 15 is 0 Å². The van der Waals surface area contributed by atoms with Crippen LogP contribution in [-0.4, -0.2) is 0 Å². The van der Waals surface area contributed by atoms with Crippen LogP contribution in [0.3, 0.4) is 0 Å². The van der Waals surface area contributed by atoms with Crippen LogP contribution < -0.4 is 0 Å². The molecule has 2 aromatic rings. The number of benzene rings is 2. The quantitative estimate of drug-likeness (QED) is 0.647. The van der Waals surface area contributed by atoms with Crippen LogP contribution in [0.1, 0.15) is 11.1 Å². The second-order valence-electron chi connectivity index (χ2n) is 4.50. The Morgan fingerprint density at radius 1 is 0.737 bits per heavy atom. The van der Waals surface area contributed by atoms with E-state index in [0.717, 1.165) is 31.2 Å². The third-order valence-corrected chi connectivity index (χ3v) is 4.47. The van der Waals surface area contributed by atoms with Crippen molar-refractivity contribution < 1.29 is 9.47 Å². The maximum absolute atomic E-state index is 5.80. The molecule has 0 saturated carbocycles. The lowest BCUT2D eigenvalue weighted by Gasteiger charge is -2.25. The number of fused-ring (bicyclic) bond motifs is 5. The van der Waals surface area contributed by atoms with Crippen molar-refractivity contribution in [3.63, 3.8) is 0 Å². The molecule has 2 aliphatic rings. The molecule has 1 aliphatic carbocycles. The Hall–Kier alpha value is -1.26. The van der Waals surface area contributed by atoms with E-state index in [2.05, 4.69) is 44.0 Å². The average Bonchev–Trinajstić information content (AvgIpc) is 2.97. The summed E-state index contributed by atoms with van der Waals surface area (Å²) in [5, 5.41) is 0. The molecule has 2 nitrogen and oxygen atoms in total. The van der Waals surface area contributed by atoms with Gasteiger partial charge in [0, 0.05) is 20.1 Å². The summed E-state index contributed by atoms with van der Waals surface area (Å²) < 4.78 is 13.7. The van der Waals surface area contributed by atoms with Crippen LogP contribution in [0.2, 0.25) is 0 Å². The van der Waals surface area contributed by atoms with Gasteiger partial charge >= 0.3 is 5.79 Å². The molecular weight excluding hydrogens is 372 g/mol. The number of halogens is 2. The lowest BCUT2D eigenvalue weighted by molar-refractivity contribution is -0.109. The molecule has 0 fully saturated rings. The molecule has 94 valence electrons. The van der Waals surface area contributed by atoms with E-state index < -0.39 is 5.79 Å². The van der Waals surface area contributed by atoms with Crippen LogP contribution in [0.25, 0.3) is 11.1 Å². The standard InChI is InChI=1S/C15H8Br2O2/c16-9-1-3-13-11(7-9)12-8-10(17)2-4-14(12)15(13)18-5-6-19-15/h1-8H. The van der Waals surface area contributed by atoms with Crippen molar-refractivity contribution in [2.24, 2.45) is 0 Å². The van der Waals surface area contributed by atoms with Gasteiger partial charge in [0.1, 0.15) is 12.5 Å². The predicted molar refractivity (Wildman–Crippen MR) is 79.4 cm³/mol. The fourth-order valence-corrected chi connectivity index (χ4v) is 3.45. The normalized spacial score (nSPS) is 16.9. The third kappa shape index (κ3) is 1.47. The molecule has 1 heterocycles. The monoisotopic (exact) mass is 378 g/mol. The molecule has 0 unspecified atom stereocenters. The second-order valence-corrected chi connectivity index (χ2v) is 6.34. The summed E-state index contributed by atoms with van der Waals surface area (Å²) in [4.78, 5) is 0. The van der Waals surface area contributed by atoms with Crippen molar-refractivity contribution in [2.75, 3.05) is 0 Å². The Morgan fingerprint density at radius 2 is 1.21 bits per heavy atom. The summed E-state index contributed by atoms with van der Waals surface area (Å²) in [6.07, 6.45) is 3.20. The van der Waals surface area contributed by atoms with E-state index in [4.69, 9.17) is 9.47 Å². The Labute approximate surface area is 127 Å². The first-order valence-corrected chi connectivity index (χ1v) is 7.40. The van der Waals surface area contributed by atoms with Gasteiger partial charge in [-0.05, 0) is 47.5 Å². The van der Waals surface area contributed by atoms with Crippen molar-refractivity contribution in [2.45, 2.75) is 5.79 Å². The molecule has 0 N–H and O–H groups in total. The highest BCUT2D eigenvalue weighted by molar-refractivity contribution is 9.10. The first-order valence-electron chi connectivity index (χ1n) is 5.82. The predicted octanol–water partition coefficient (Wildman–Crippen LogP) is 4.91. The number of hydrogen-bond acceptors (Lipinski definition) is 2. The molecule has 0 atom stereocenters. The van der Waals surface area contributed by atoms with Crippen molar-refractivity contribution in [3.05, 3.63) is 69.0 Å². The molecule has 0 amide bonds. The molecule has 2 aromatic carbocycles. The summed E-state index contributed by atoms with van der Waals surface area (Å²) in [6, 6.07) is 12.3. The molecule has 0 radical (unpaired) electrons. The van der Waals surface area contributed by atoms with Crippen LogP contribution in [0, 0.1) is 0 Å². The second kappa shape index (κ2) is 3.87. The molecule has 0 aromatic heterocycles. The topological polar surface area (TPSA) is 18.5 Å². The molecule has 0 saturated heterocycles. The van der Waals surface area contributed by atoms with Crippen molar-refractivity contribution in [3.8, 4) is 11.1 Å². The lowest BCUT2D eigenvalue weighted by Crippen LogP contribution is -2.25. The number of ether oxygens (including phenoxy) is 2. The fourth-order valence-electron chi connectivity index (χ4n) is 2.73. The van der Waals surface area contributed by atoms with Crippen LogP contribution in [-0.2, 0) is 15.3 Å². The Bertz CT molecular complexity index is 661. The van der Waals surface area contributed by atoms with Gasteiger partial charge in [-0.3, -0.25) is 0 Å². The van der Waals surface area contributed by atoms with Gasteiger partial charge in [0.25, 0.3) is 0 Å². The lowest BCUT2D eigenvalue weighted by atomic mass is 10.0. The molecule has 19 heavy (non-hydrogen) atoms. The van der Waals surface area contributed by atoms with Crippen LogP contribution >= 0.6 is 31.9 Å². The SMILES string of the molecule is Brc1ccc2c(c1)-c1cc(Br)ccc1C21OC=CO1. The Balaban J connectivity index is 2.08. The molecule has 4 heteroatoms. The van der Waals surface area contributed by atoms with Crippen molar-refractivity contribution >= 4 is 31.9 Å². The zero-order chi connectivity index (χ0) is 13.0. The largest absolute Gasteiger partial charge is 0.449 e. The van der Waals surface area contributed by atoms with Gasteiger partial charge < -0.3 is 9.47 Å². The highest BCUT2D eigenvalue weighted by Gasteiger charge is 2.48. The van der Waals surface area contributed by atoms with Crippen LogP contribution in [0.15, 0.2) is 57.9 Å². The highest BCUT2D eigenvalue weighted by Crippen LogP contribution is 2.53.